The number of nitrogens with zero attached hydrogens (tertiary/aromatic N) is 3. The van der Waals surface area contributed by atoms with Crippen LogP contribution in [0.5, 0.6) is 0 Å². The lowest BCUT2D eigenvalue weighted by atomic mass is 10.2. The van der Waals surface area contributed by atoms with Gasteiger partial charge in [0.05, 0.1) is 16.4 Å². The van der Waals surface area contributed by atoms with Crippen molar-refractivity contribution in [2.75, 3.05) is 44.4 Å². The summed E-state index contributed by atoms with van der Waals surface area (Å²) in [5, 5.41) is 0. The van der Waals surface area contributed by atoms with E-state index in [1.807, 2.05) is 6.07 Å². The Morgan fingerprint density at radius 3 is 2.50 bits per heavy atom. The molecule has 0 atom stereocenters. The number of nitrogen functional groups attached to an aromatic ring is 1. The monoisotopic (exact) mass is 314 g/mol. The van der Waals surface area contributed by atoms with Crippen LogP contribution in [0, 0.1) is 5.92 Å². The first-order valence-electron chi connectivity index (χ1n) is 6.21. The van der Waals surface area contributed by atoms with Crippen molar-refractivity contribution in [1.29, 1.82) is 0 Å². The molecule has 2 N–H and O–H groups in total. The highest BCUT2D eigenvalue weighted by molar-refractivity contribution is 9.10. The predicted molar refractivity (Wildman–Crippen MR) is 82.0 cm³/mol. The van der Waals surface area contributed by atoms with Crippen LogP contribution in [-0.4, -0.2) is 43.6 Å². The number of pyridine rings is 1. The number of likely N-dealkylation sites (N-methyl/N-ethyl adjacent to an activating group) is 1. The zero-order valence-corrected chi connectivity index (χ0v) is 13.2. The van der Waals surface area contributed by atoms with E-state index in [-0.39, 0.29) is 0 Å². The molecule has 1 aromatic rings. The molecule has 0 radical (unpaired) electrons. The topological polar surface area (TPSA) is 45.4 Å². The molecule has 1 heterocycles. The van der Waals surface area contributed by atoms with Gasteiger partial charge < -0.3 is 15.5 Å². The highest BCUT2D eigenvalue weighted by atomic mass is 79.9. The van der Waals surface area contributed by atoms with Crippen LogP contribution in [0.25, 0.3) is 0 Å². The average molecular weight is 315 g/mol. The number of hydrogen-bond donors (Lipinski definition) is 1. The molecule has 18 heavy (non-hydrogen) atoms. The normalized spacial score (nSPS) is 11.3. The summed E-state index contributed by atoms with van der Waals surface area (Å²) in [4.78, 5) is 8.92. The summed E-state index contributed by atoms with van der Waals surface area (Å²) < 4.78 is 0.960. The molecule has 1 rings (SSSR count). The first kappa shape index (κ1) is 15.2. The van der Waals surface area contributed by atoms with Crippen molar-refractivity contribution >= 4 is 27.4 Å². The van der Waals surface area contributed by atoms with Gasteiger partial charge in [-0.2, -0.15) is 0 Å². The van der Waals surface area contributed by atoms with Crippen LogP contribution in [0.15, 0.2) is 16.7 Å². The van der Waals surface area contributed by atoms with Gasteiger partial charge in [0.25, 0.3) is 0 Å². The third-order valence-electron chi connectivity index (χ3n) is 2.55. The summed E-state index contributed by atoms with van der Waals surface area (Å²) in [6, 6.07) is 1.91. The molecule has 0 saturated heterocycles. The predicted octanol–water partition coefficient (Wildman–Crippen LogP) is 2.45. The summed E-state index contributed by atoms with van der Waals surface area (Å²) in [5.41, 5.74) is 6.41. The molecule has 0 unspecified atom stereocenters. The molecule has 1 aromatic heterocycles. The van der Waals surface area contributed by atoms with Crippen LogP contribution in [0.3, 0.4) is 0 Å². The van der Waals surface area contributed by atoms with E-state index in [9.17, 15) is 0 Å². The van der Waals surface area contributed by atoms with Crippen molar-refractivity contribution in [2.45, 2.75) is 13.8 Å². The van der Waals surface area contributed by atoms with Crippen LogP contribution in [-0.2, 0) is 0 Å². The standard InChI is InChI=1S/C13H23BrN4/c1-10(2)9-18(6-5-17(3)4)13-12(14)7-11(15)8-16-13/h7-8,10H,5-6,9,15H2,1-4H3. The summed E-state index contributed by atoms with van der Waals surface area (Å²) in [6.45, 7) is 7.39. The molecule has 4 nitrogen and oxygen atoms in total. The molecule has 0 aromatic carbocycles. The number of hydrogen-bond acceptors (Lipinski definition) is 4. The highest BCUT2D eigenvalue weighted by Crippen LogP contribution is 2.26. The van der Waals surface area contributed by atoms with Gasteiger partial charge >= 0.3 is 0 Å². The second-order valence-corrected chi connectivity index (χ2v) is 6.07. The van der Waals surface area contributed by atoms with Gasteiger partial charge in [-0.1, -0.05) is 13.8 Å². The van der Waals surface area contributed by atoms with E-state index in [0.717, 1.165) is 29.9 Å². The van der Waals surface area contributed by atoms with Crippen LogP contribution in [0.4, 0.5) is 11.5 Å². The van der Waals surface area contributed by atoms with Gasteiger partial charge in [-0.3, -0.25) is 0 Å². The van der Waals surface area contributed by atoms with Crippen molar-refractivity contribution < 1.29 is 0 Å². The average Bonchev–Trinajstić information content (AvgIpc) is 2.24. The van der Waals surface area contributed by atoms with Gasteiger partial charge in [-0.05, 0) is 42.0 Å². The molecule has 0 spiro atoms. The summed E-state index contributed by atoms with van der Waals surface area (Å²) >= 11 is 3.55. The van der Waals surface area contributed by atoms with Crippen molar-refractivity contribution in [3.05, 3.63) is 16.7 Å². The van der Waals surface area contributed by atoms with Gasteiger partial charge in [-0.25, -0.2) is 4.98 Å². The van der Waals surface area contributed by atoms with Crippen molar-refractivity contribution in [3.8, 4) is 0 Å². The number of nitrogens with two attached hydrogens (primary N) is 1. The lowest BCUT2D eigenvalue weighted by Crippen LogP contribution is -2.35. The fraction of sp³-hybridized carbons (Fsp3) is 0.615. The molecule has 0 saturated carbocycles. The first-order chi connectivity index (χ1) is 8.40. The van der Waals surface area contributed by atoms with Crippen molar-refractivity contribution in [3.63, 3.8) is 0 Å². The summed E-state index contributed by atoms with van der Waals surface area (Å²) in [5.74, 6) is 1.57. The molecule has 0 aliphatic carbocycles. The number of rotatable bonds is 6. The largest absolute Gasteiger partial charge is 0.397 e. The Bertz CT molecular complexity index is 379. The molecule has 5 heteroatoms. The lowest BCUT2D eigenvalue weighted by molar-refractivity contribution is 0.408. The number of aromatic nitrogens is 1. The molecule has 0 fully saturated rings. The minimum atomic E-state index is 0.596. The van der Waals surface area contributed by atoms with E-state index in [1.165, 1.54) is 0 Å². The first-order valence-corrected chi connectivity index (χ1v) is 7.00. The van der Waals surface area contributed by atoms with E-state index in [0.29, 0.717) is 11.6 Å². The maximum absolute atomic E-state index is 5.73. The van der Waals surface area contributed by atoms with E-state index in [4.69, 9.17) is 5.73 Å². The fourth-order valence-electron chi connectivity index (χ4n) is 1.72. The van der Waals surface area contributed by atoms with Crippen LogP contribution < -0.4 is 10.6 Å². The second-order valence-electron chi connectivity index (χ2n) is 5.22. The number of halogens is 1. The van der Waals surface area contributed by atoms with Gasteiger partial charge in [0.15, 0.2) is 0 Å². The molecule has 102 valence electrons. The maximum atomic E-state index is 5.73. The van der Waals surface area contributed by atoms with E-state index in [2.05, 4.69) is 58.7 Å². The Balaban J connectivity index is 2.86. The zero-order valence-electron chi connectivity index (χ0n) is 11.7. The van der Waals surface area contributed by atoms with Crippen LogP contribution in [0.1, 0.15) is 13.8 Å². The quantitative estimate of drug-likeness (QED) is 0.876. The Labute approximate surface area is 118 Å². The molecule has 0 bridgehead atoms. The smallest absolute Gasteiger partial charge is 0.143 e. The van der Waals surface area contributed by atoms with E-state index >= 15 is 0 Å². The van der Waals surface area contributed by atoms with E-state index < -0.39 is 0 Å². The van der Waals surface area contributed by atoms with Gasteiger partial charge in [0, 0.05) is 19.6 Å². The van der Waals surface area contributed by atoms with Crippen molar-refractivity contribution in [1.82, 2.24) is 9.88 Å². The second kappa shape index (κ2) is 6.95. The minimum Gasteiger partial charge on any atom is -0.397 e. The van der Waals surface area contributed by atoms with Crippen molar-refractivity contribution in [2.24, 2.45) is 5.92 Å². The molecule has 0 aliphatic rings. The molecule has 0 aliphatic heterocycles. The summed E-state index contributed by atoms with van der Waals surface area (Å²) in [7, 11) is 4.16. The zero-order chi connectivity index (χ0) is 13.7. The molecular weight excluding hydrogens is 292 g/mol. The third-order valence-corrected chi connectivity index (χ3v) is 3.13. The fourth-order valence-corrected chi connectivity index (χ4v) is 2.34. The van der Waals surface area contributed by atoms with Crippen LogP contribution in [0.2, 0.25) is 0 Å². The molecular formula is C13H23BrN4. The maximum Gasteiger partial charge on any atom is 0.143 e. The van der Waals surface area contributed by atoms with E-state index in [1.54, 1.807) is 6.20 Å². The lowest BCUT2D eigenvalue weighted by Gasteiger charge is -2.28. The van der Waals surface area contributed by atoms with Crippen LogP contribution >= 0.6 is 15.9 Å². The summed E-state index contributed by atoms with van der Waals surface area (Å²) in [6.07, 6.45) is 1.71. The Morgan fingerprint density at radius 1 is 1.33 bits per heavy atom. The Morgan fingerprint density at radius 2 is 2.00 bits per heavy atom. The van der Waals surface area contributed by atoms with Gasteiger partial charge in [0.1, 0.15) is 5.82 Å². The minimum absolute atomic E-state index is 0.596. The third kappa shape index (κ3) is 4.82. The SMILES string of the molecule is CC(C)CN(CCN(C)C)c1ncc(N)cc1Br. The van der Waals surface area contributed by atoms with Gasteiger partial charge in [0.2, 0.25) is 0 Å². The molecule has 0 amide bonds. The van der Waals surface area contributed by atoms with Gasteiger partial charge in [-0.15, -0.1) is 0 Å². The highest BCUT2D eigenvalue weighted by Gasteiger charge is 2.13. The Hall–Kier alpha value is -0.810. The number of anilines is 2. The Kier molecular flexibility index (Phi) is 5.88.